The molecule has 0 radical (unpaired) electrons. The number of amides is 1. The average Bonchev–Trinajstić information content (AvgIpc) is 2.61. The van der Waals surface area contributed by atoms with E-state index in [4.69, 9.17) is 9.84 Å². The second-order valence-corrected chi connectivity index (χ2v) is 5.78. The first-order chi connectivity index (χ1) is 11.6. The number of ether oxygens (including phenoxy) is 1. The van der Waals surface area contributed by atoms with Crippen molar-refractivity contribution in [1.82, 2.24) is 10.3 Å². The van der Waals surface area contributed by atoms with Crippen molar-refractivity contribution in [3.63, 3.8) is 0 Å². The Morgan fingerprint density at radius 3 is 2.38 bits per heavy atom. The minimum atomic E-state index is -0.416. The molecule has 1 amide bonds. The number of aliphatic hydroxyl groups is 1. The van der Waals surface area contributed by atoms with Crippen molar-refractivity contribution in [2.75, 3.05) is 6.54 Å². The Bertz CT molecular complexity index is 494. The van der Waals surface area contributed by atoms with Gasteiger partial charge in [0.25, 0.3) is 5.91 Å². The van der Waals surface area contributed by atoms with Crippen LogP contribution in [-0.2, 0) is 16.1 Å². The van der Waals surface area contributed by atoms with E-state index in [1.165, 1.54) is 6.20 Å². The Hall–Kier alpha value is -1.95. The molecule has 0 saturated carbocycles. The number of hydrogen-bond acceptors (Lipinski definition) is 5. The molecule has 0 aliphatic rings. The highest BCUT2D eigenvalue weighted by atomic mass is 16.5. The van der Waals surface area contributed by atoms with E-state index in [-0.39, 0.29) is 25.2 Å². The molecule has 0 bridgehead atoms. The second-order valence-electron chi connectivity index (χ2n) is 5.78. The van der Waals surface area contributed by atoms with Crippen LogP contribution >= 0.6 is 0 Å². The number of rotatable bonds is 11. The van der Waals surface area contributed by atoms with Crippen molar-refractivity contribution in [3.05, 3.63) is 29.6 Å². The number of aromatic nitrogens is 1. The summed E-state index contributed by atoms with van der Waals surface area (Å²) in [6, 6.07) is 3.13. The highest BCUT2D eigenvalue weighted by molar-refractivity contribution is 5.95. The number of carbonyl (C=O) groups is 2. The Kier molecular flexibility index (Phi) is 9.68. The third-order valence-electron chi connectivity index (χ3n) is 3.70. The molecule has 6 nitrogen and oxygen atoms in total. The van der Waals surface area contributed by atoms with Crippen molar-refractivity contribution in [3.8, 4) is 0 Å². The van der Waals surface area contributed by atoms with Gasteiger partial charge in [-0.1, -0.05) is 39.5 Å². The molecule has 1 aromatic heterocycles. The fourth-order valence-electron chi connectivity index (χ4n) is 2.26. The van der Waals surface area contributed by atoms with Gasteiger partial charge >= 0.3 is 5.97 Å². The third kappa shape index (κ3) is 7.55. The number of unbranched alkanes of at least 4 members (excludes halogenated alkanes) is 2. The van der Waals surface area contributed by atoms with Crippen molar-refractivity contribution in [2.24, 2.45) is 0 Å². The molecule has 0 atom stereocenters. The highest BCUT2D eigenvalue weighted by Crippen LogP contribution is 2.12. The minimum Gasteiger partial charge on any atom is -0.461 e. The van der Waals surface area contributed by atoms with Crippen LogP contribution in [0, 0.1) is 0 Å². The molecule has 24 heavy (non-hydrogen) atoms. The van der Waals surface area contributed by atoms with E-state index in [9.17, 15) is 9.59 Å². The molecule has 1 rings (SSSR count). The van der Waals surface area contributed by atoms with Gasteiger partial charge in [-0.3, -0.25) is 14.6 Å². The maximum atomic E-state index is 12.0. The van der Waals surface area contributed by atoms with E-state index in [2.05, 4.69) is 24.1 Å². The normalized spacial score (nSPS) is 10.7. The first-order valence-electron chi connectivity index (χ1n) is 8.64. The molecule has 1 heterocycles. The van der Waals surface area contributed by atoms with E-state index in [0.29, 0.717) is 11.3 Å². The summed E-state index contributed by atoms with van der Waals surface area (Å²) in [6.07, 6.45) is 7.21. The molecule has 0 spiro atoms. The quantitative estimate of drug-likeness (QED) is 0.606. The fourth-order valence-corrected chi connectivity index (χ4v) is 2.26. The van der Waals surface area contributed by atoms with Crippen molar-refractivity contribution in [1.29, 1.82) is 0 Å². The van der Waals surface area contributed by atoms with E-state index >= 15 is 0 Å². The summed E-state index contributed by atoms with van der Waals surface area (Å²) in [5.41, 5.74) is 0.828. The van der Waals surface area contributed by atoms with Gasteiger partial charge in [0.1, 0.15) is 12.6 Å². The number of carbonyl (C=O) groups excluding carboxylic acids is 2. The summed E-state index contributed by atoms with van der Waals surface area (Å²) in [5, 5.41) is 11.5. The van der Waals surface area contributed by atoms with Crippen LogP contribution in [0.3, 0.4) is 0 Å². The Balaban J connectivity index is 2.42. The van der Waals surface area contributed by atoms with Gasteiger partial charge in [0.2, 0.25) is 0 Å². The summed E-state index contributed by atoms with van der Waals surface area (Å²) >= 11 is 0. The van der Waals surface area contributed by atoms with Crippen LogP contribution in [-0.4, -0.2) is 34.6 Å². The Morgan fingerprint density at radius 2 is 1.88 bits per heavy atom. The van der Waals surface area contributed by atoms with E-state index in [0.717, 1.165) is 38.5 Å². The summed E-state index contributed by atoms with van der Waals surface area (Å²) in [5.74, 6) is -0.803. The molecule has 0 aliphatic heterocycles. The lowest BCUT2D eigenvalue weighted by Gasteiger charge is -2.17. The summed E-state index contributed by atoms with van der Waals surface area (Å²) in [6.45, 7) is 3.88. The van der Waals surface area contributed by atoms with Crippen LogP contribution in [0.25, 0.3) is 0 Å². The van der Waals surface area contributed by atoms with Crippen molar-refractivity contribution >= 4 is 11.9 Å². The topological polar surface area (TPSA) is 88.5 Å². The zero-order chi connectivity index (χ0) is 17.8. The first-order valence-corrected chi connectivity index (χ1v) is 8.64. The first kappa shape index (κ1) is 20.1. The standard InChI is InChI=1S/C18H28N2O4/c1-3-5-7-16(8-6-4-2)24-17(22)12-20-18(23)14-9-10-15(13-21)19-11-14/h9-11,16,21H,3-8,12-13H2,1-2H3,(H,20,23). The molecule has 0 aliphatic carbocycles. The third-order valence-corrected chi connectivity index (χ3v) is 3.70. The number of nitrogens with zero attached hydrogens (tertiary/aromatic N) is 1. The molecular formula is C18H28N2O4. The second kappa shape index (κ2) is 11.6. The van der Waals surface area contributed by atoms with Gasteiger partial charge in [0.15, 0.2) is 0 Å². The molecular weight excluding hydrogens is 308 g/mol. The summed E-state index contributed by atoms with van der Waals surface area (Å²) in [4.78, 5) is 27.8. The molecule has 2 N–H and O–H groups in total. The molecule has 1 aromatic rings. The SMILES string of the molecule is CCCCC(CCCC)OC(=O)CNC(=O)c1ccc(CO)nc1. The largest absolute Gasteiger partial charge is 0.461 e. The van der Waals surface area contributed by atoms with Gasteiger partial charge in [0, 0.05) is 6.20 Å². The van der Waals surface area contributed by atoms with Gasteiger partial charge in [0.05, 0.1) is 17.9 Å². The summed E-state index contributed by atoms with van der Waals surface area (Å²) in [7, 11) is 0. The molecule has 0 fully saturated rings. The fraction of sp³-hybridized carbons (Fsp3) is 0.611. The van der Waals surface area contributed by atoms with Gasteiger partial charge in [-0.25, -0.2) is 0 Å². The predicted octanol–water partition coefficient (Wildman–Crippen LogP) is 2.60. The van der Waals surface area contributed by atoms with Crippen molar-refractivity contribution < 1.29 is 19.4 Å². The molecule has 0 saturated heterocycles. The van der Waals surface area contributed by atoms with E-state index in [1.54, 1.807) is 12.1 Å². The van der Waals surface area contributed by atoms with E-state index < -0.39 is 5.97 Å². The zero-order valence-corrected chi connectivity index (χ0v) is 14.6. The highest BCUT2D eigenvalue weighted by Gasteiger charge is 2.15. The Morgan fingerprint density at radius 1 is 1.21 bits per heavy atom. The summed E-state index contributed by atoms with van der Waals surface area (Å²) < 4.78 is 5.48. The van der Waals surface area contributed by atoms with Crippen LogP contribution in [0.5, 0.6) is 0 Å². The van der Waals surface area contributed by atoms with Gasteiger partial charge in [-0.15, -0.1) is 0 Å². The molecule has 0 aromatic carbocycles. The maximum Gasteiger partial charge on any atom is 0.325 e. The van der Waals surface area contributed by atoms with Gasteiger partial charge in [-0.05, 0) is 25.0 Å². The van der Waals surface area contributed by atoms with Crippen LogP contribution in [0.15, 0.2) is 18.3 Å². The minimum absolute atomic E-state index is 0.0696. The lowest BCUT2D eigenvalue weighted by Crippen LogP contribution is -2.32. The maximum absolute atomic E-state index is 12.0. The van der Waals surface area contributed by atoms with Crippen LogP contribution < -0.4 is 5.32 Å². The smallest absolute Gasteiger partial charge is 0.325 e. The zero-order valence-electron chi connectivity index (χ0n) is 14.6. The number of aliphatic hydroxyl groups excluding tert-OH is 1. The number of nitrogens with one attached hydrogen (secondary N) is 1. The van der Waals surface area contributed by atoms with E-state index in [1.807, 2.05) is 0 Å². The molecule has 0 unspecified atom stereocenters. The Labute approximate surface area is 143 Å². The van der Waals surface area contributed by atoms with Gasteiger partial charge in [-0.2, -0.15) is 0 Å². The monoisotopic (exact) mass is 336 g/mol. The predicted molar refractivity (Wildman–Crippen MR) is 91.4 cm³/mol. The average molecular weight is 336 g/mol. The molecule has 134 valence electrons. The van der Waals surface area contributed by atoms with Crippen LogP contribution in [0.1, 0.15) is 68.4 Å². The number of pyridine rings is 1. The number of hydrogen-bond donors (Lipinski definition) is 2. The number of esters is 1. The lowest BCUT2D eigenvalue weighted by molar-refractivity contribution is -0.148. The van der Waals surface area contributed by atoms with Crippen molar-refractivity contribution in [2.45, 2.75) is 65.1 Å². The lowest BCUT2D eigenvalue weighted by atomic mass is 10.1. The molecule has 6 heteroatoms. The van der Waals surface area contributed by atoms with Crippen LogP contribution in [0.2, 0.25) is 0 Å². The van der Waals surface area contributed by atoms with Gasteiger partial charge < -0.3 is 15.2 Å². The van der Waals surface area contributed by atoms with Crippen LogP contribution in [0.4, 0.5) is 0 Å².